The molecule has 2 aromatic rings. The Morgan fingerprint density at radius 3 is 2.74 bits per heavy atom. The third-order valence-corrected chi connectivity index (χ3v) is 3.06. The van der Waals surface area contributed by atoms with Crippen LogP contribution >= 0.6 is 0 Å². The van der Waals surface area contributed by atoms with Crippen LogP contribution in [0.1, 0.15) is 11.5 Å². The van der Waals surface area contributed by atoms with E-state index in [-0.39, 0.29) is 11.2 Å². The average Bonchev–Trinajstić information content (AvgIpc) is 2.91. The molecule has 1 N–H and O–H groups in total. The SMILES string of the molecule is Cn1c(CNCCc2ccco2)cc(=O)n(C)c1=O. The molecule has 0 unspecified atom stereocenters. The molecule has 0 spiro atoms. The molecular formula is C13H17N3O3. The molecule has 0 saturated carbocycles. The van der Waals surface area contributed by atoms with Gasteiger partial charge in [0.25, 0.3) is 5.56 Å². The highest BCUT2D eigenvalue weighted by molar-refractivity contribution is 5.02. The zero-order valence-corrected chi connectivity index (χ0v) is 11.0. The van der Waals surface area contributed by atoms with Crippen molar-refractivity contribution in [2.45, 2.75) is 13.0 Å². The van der Waals surface area contributed by atoms with Crippen LogP contribution in [0.4, 0.5) is 0 Å². The van der Waals surface area contributed by atoms with Gasteiger partial charge >= 0.3 is 5.69 Å². The first kappa shape index (κ1) is 13.4. The second-order valence-corrected chi connectivity index (χ2v) is 4.38. The largest absolute Gasteiger partial charge is 0.469 e. The first-order chi connectivity index (χ1) is 9.09. The van der Waals surface area contributed by atoms with E-state index < -0.39 is 0 Å². The number of rotatable bonds is 5. The summed E-state index contributed by atoms with van der Waals surface area (Å²) in [7, 11) is 3.13. The van der Waals surface area contributed by atoms with Crippen molar-refractivity contribution < 1.29 is 4.42 Å². The molecule has 19 heavy (non-hydrogen) atoms. The molecule has 2 rings (SSSR count). The minimum absolute atomic E-state index is 0.286. The van der Waals surface area contributed by atoms with Crippen LogP contribution in [0, 0.1) is 0 Å². The number of nitrogens with one attached hydrogen (secondary N) is 1. The van der Waals surface area contributed by atoms with Crippen molar-refractivity contribution in [2.24, 2.45) is 14.1 Å². The number of nitrogens with zero attached hydrogens (tertiary/aromatic N) is 2. The normalized spacial score (nSPS) is 10.8. The van der Waals surface area contributed by atoms with Gasteiger partial charge < -0.3 is 9.73 Å². The highest BCUT2D eigenvalue weighted by Crippen LogP contribution is 1.99. The van der Waals surface area contributed by atoms with Crippen molar-refractivity contribution in [3.05, 3.63) is 56.8 Å². The van der Waals surface area contributed by atoms with E-state index in [1.54, 1.807) is 13.3 Å². The Hall–Kier alpha value is -2.08. The van der Waals surface area contributed by atoms with Crippen LogP contribution in [0.25, 0.3) is 0 Å². The zero-order chi connectivity index (χ0) is 13.8. The number of aromatic nitrogens is 2. The number of furan rings is 1. The van der Waals surface area contributed by atoms with E-state index >= 15 is 0 Å². The van der Waals surface area contributed by atoms with Crippen LogP contribution < -0.4 is 16.6 Å². The predicted molar refractivity (Wildman–Crippen MR) is 71.0 cm³/mol. The molecule has 0 aliphatic heterocycles. The Morgan fingerprint density at radius 2 is 2.05 bits per heavy atom. The Labute approximate surface area is 110 Å². The highest BCUT2D eigenvalue weighted by Gasteiger charge is 2.05. The second-order valence-electron chi connectivity index (χ2n) is 4.38. The molecule has 0 atom stereocenters. The lowest BCUT2D eigenvalue weighted by Crippen LogP contribution is -2.39. The quantitative estimate of drug-likeness (QED) is 0.772. The van der Waals surface area contributed by atoms with Gasteiger partial charge in [0, 0.05) is 45.4 Å². The number of hydrogen-bond donors (Lipinski definition) is 1. The third-order valence-electron chi connectivity index (χ3n) is 3.06. The van der Waals surface area contributed by atoms with E-state index in [9.17, 15) is 9.59 Å². The molecular weight excluding hydrogens is 246 g/mol. The molecule has 102 valence electrons. The first-order valence-electron chi connectivity index (χ1n) is 6.08. The fourth-order valence-corrected chi connectivity index (χ4v) is 1.83. The van der Waals surface area contributed by atoms with Gasteiger partial charge in [0.1, 0.15) is 5.76 Å². The smallest absolute Gasteiger partial charge is 0.330 e. The summed E-state index contributed by atoms with van der Waals surface area (Å²) in [6.45, 7) is 1.19. The summed E-state index contributed by atoms with van der Waals surface area (Å²) in [4.78, 5) is 23.3. The van der Waals surface area contributed by atoms with E-state index in [0.717, 1.165) is 23.3 Å². The van der Waals surface area contributed by atoms with E-state index in [4.69, 9.17) is 4.42 Å². The average molecular weight is 263 g/mol. The summed E-state index contributed by atoms with van der Waals surface area (Å²) < 4.78 is 7.78. The van der Waals surface area contributed by atoms with Gasteiger partial charge in [-0.25, -0.2) is 4.79 Å². The summed E-state index contributed by atoms with van der Waals surface area (Å²) in [5, 5.41) is 3.19. The van der Waals surface area contributed by atoms with E-state index in [2.05, 4.69) is 5.32 Å². The van der Waals surface area contributed by atoms with Gasteiger partial charge in [0.05, 0.1) is 6.26 Å². The van der Waals surface area contributed by atoms with Crippen LogP contribution in [-0.4, -0.2) is 15.7 Å². The van der Waals surface area contributed by atoms with Gasteiger partial charge in [-0.2, -0.15) is 0 Å². The first-order valence-corrected chi connectivity index (χ1v) is 6.08. The van der Waals surface area contributed by atoms with Crippen molar-refractivity contribution in [3.63, 3.8) is 0 Å². The van der Waals surface area contributed by atoms with Crippen molar-refractivity contribution in [2.75, 3.05) is 6.54 Å². The molecule has 0 saturated heterocycles. The second kappa shape index (κ2) is 5.71. The summed E-state index contributed by atoms with van der Waals surface area (Å²) in [5.74, 6) is 0.908. The Morgan fingerprint density at radius 1 is 1.26 bits per heavy atom. The maximum Gasteiger partial charge on any atom is 0.330 e. The maximum atomic E-state index is 11.7. The Bertz CT molecular complexity index is 653. The molecule has 2 aromatic heterocycles. The Kier molecular flexibility index (Phi) is 4.01. The summed E-state index contributed by atoms with van der Waals surface area (Å²) in [6, 6.07) is 5.23. The van der Waals surface area contributed by atoms with Crippen LogP contribution in [0.2, 0.25) is 0 Å². The fourth-order valence-electron chi connectivity index (χ4n) is 1.83. The molecule has 0 aliphatic carbocycles. The summed E-state index contributed by atoms with van der Waals surface area (Å²) in [6.07, 6.45) is 2.41. The molecule has 0 radical (unpaired) electrons. The Balaban J connectivity index is 1.97. The summed E-state index contributed by atoms with van der Waals surface area (Å²) >= 11 is 0. The van der Waals surface area contributed by atoms with E-state index in [1.165, 1.54) is 17.7 Å². The molecule has 6 nitrogen and oxygen atoms in total. The van der Waals surface area contributed by atoms with Crippen molar-refractivity contribution in [3.8, 4) is 0 Å². The molecule has 0 amide bonds. The van der Waals surface area contributed by atoms with Gasteiger partial charge in [-0.1, -0.05) is 0 Å². The van der Waals surface area contributed by atoms with Gasteiger partial charge in [-0.3, -0.25) is 13.9 Å². The summed E-state index contributed by atoms with van der Waals surface area (Å²) in [5.41, 5.74) is 0.0776. The van der Waals surface area contributed by atoms with Crippen LogP contribution in [-0.2, 0) is 27.1 Å². The molecule has 2 heterocycles. The maximum absolute atomic E-state index is 11.7. The molecule has 6 heteroatoms. The monoisotopic (exact) mass is 263 g/mol. The lowest BCUT2D eigenvalue weighted by Gasteiger charge is -2.10. The minimum atomic E-state index is -0.310. The van der Waals surface area contributed by atoms with Gasteiger partial charge in [-0.15, -0.1) is 0 Å². The van der Waals surface area contributed by atoms with Crippen LogP contribution in [0.15, 0.2) is 38.5 Å². The van der Waals surface area contributed by atoms with Crippen LogP contribution in [0.3, 0.4) is 0 Å². The van der Waals surface area contributed by atoms with Crippen molar-refractivity contribution in [1.29, 1.82) is 0 Å². The number of hydrogen-bond acceptors (Lipinski definition) is 4. The van der Waals surface area contributed by atoms with Crippen LogP contribution in [0.5, 0.6) is 0 Å². The highest BCUT2D eigenvalue weighted by atomic mass is 16.3. The lowest BCUT2D eigenvalue weighted by atomic mass is 10.3. The van der Waals surface area contributed by atoms with Gasteiger partial charge in [0.15, 0.2) is 0 Å². The fraction of sp³-hybridized carbons (Fsp3) is 0.385. The molecule has 0 aromatic carbocycles. The lowest BCUT2D eigenvalue weighted by molar-refractivity contribution is 0.496. The topological polar surface area (TPSA) is 69.2 Å². The molecule has 0 fully saturated rings. The van der Waals surface area contributed by atoms with Crippen molar-refractivity contribution in [1.82, 2.24) is 14.5 Å². The van der Waals surface area contributed by atoms with E-state index in [1.807, 2.05) is 12.1 Å². The van der Waals surface area contributed by atoms with E-state index in [0.29, 0.717) is 12.2 Å². The van der Waals surface area contributed by atoms with Crippen molar-refractivity contribution >= 4 is 0 Å². The van der Waals surface area contributed by atoms with Gasteiger partial charge in [0.2, 0.25) is 0 Å². The molecule has 0 aliphatic rings. The standard InChI is InChI=1S/C13H17N3O3/c1-15-10(8-12(17)16(2)13(15)18)9-14-6-5-11-4-3-7-19-11/h3-4,7-8,14H,5-6,9H2,1-2H3. The zero-order valence-electron chi connectivity index (χ0n) is 11.0. The molecule has 0 bridgehead atoms. The third kappa shape index (κ3) is 3.03. The predicted octanol–water partition coefficient (Wildman–Crippen LogP) is 0.00930. The minimum Gasteiger partial charge on any atom is -0.469 e. The van der Waals surface area contributed by atoms with Gasteiger partial charge in [-0.05, 0) is 12.1 Å².